The molecule has 6 heteroatoms. The maximum absolute atomic E-state index is 10.9. The van der Waals surface area contributed by atoms with E-state index in [0.29, 0.717) is 0 Å². The molecule has 1 heterocycles. The molecule has 0 atom stereocenters. The number of hydroxylamine groups is 1. The van der Waals surface area contributed by atoms with Crippen LogP contribution in [0.5, 0.6) is 5.75 Å². The lowest BCUT2D eigenvalue weighted by atomic mass is 10.3. The minimum atomic E-state index is -1.07. The first-order chi connectivity index (χ1) is 6.06. The summed E-state index contributed by atoms with van der Waals surface area (Å²) in [4.78, 5) is 21.7. The zero-order valence-corrected chi connectivity index (χ0v) is 6.70. The normalized spacial score (nSPS) is 9.69. The monoisotopic (exact) mass is 185 g/mol. The van der Waals surface area contributed by atoms with Crippen LogP contribution in [0.1, 0.15) is 16.3 Å². The van der Waals surface area contributed by atoms with Crippen molar-refractivity contribution < 1.29 is 19.5 Å². The Bertz CT molecular complexity index is 394. The first-order valence-corrected chi connectivity index (χ1v) is 3.34. The van der Waals surface area contributed by atoms with E-state index in [1.807, 2.05) is 0 Å². The molecule has 0 saturated carbocycles. The van der Waals surface area contributed by atoms with Gasteiger partial charge in [0.2, 0.25) is 16.9 Å². The maximum atomic E-state index is 10.9. The summed E-state index contributed by atoms with van der Waals surface area (Å²) in [6.07, 6.45) is 0. The molecule has 0 unspecified atom stereocenters. The third kappa shape index (κ3) is 1.67. The Morgan fingerprint density at radius 1 is 1.62 bits per heavy atom. The van der Waals surface area contributed by atoms with Gasteiger partial charge in [-0.1, -0.05) is 0 Å². The fraction of sp³-hybridized carbons (Fsp3) is 0.143. The van der Waals surface area contributed by atoms with Crippen molar-refractivity contribution in [3.8, 4) is 5.75 Å². The first-order valence-electron chi connectivity index (χ1n) is 3.34. The number of amides is 1. The summed E-state index contributed by atoms with van der Waals surface area (Å²) >= 11 is 0. The molecule has 0 spiro atoms. The highest BCUT2D eigenvalue weighted by atomic mass is 16.5. The minimum absolute atomic E-state index is 0.168. The molecule has 0 aromatic carbocycles. The average molecular weight is 185 g/mol. The van der Waals surface area contributed by atoms with Crippen molar-refractivity contribution in [2.75, 3.05) is 0 Å². The molecular formula is C7H7NO5. The van der Waals surface area contributed by atoms with E-state index in [2.05, 4.69) is 0 Å². The second kappa shape index (κ2) is 3.28. The fourth-order valence-electron chi connectivity index (χ4n) is 0.808. The predicted molar refractivity (Wildman–Crippen MR) is 40.6 cm³/mol. The van der Waals surface area contributed by atoms with Gasteiger partial charge in [-0.25, -0.2) is 5.48 Å². The third-order valence-electron chi connectivity index (χ3n) is 1.35. The molecule has 1 rings (SSSR count). The van der Waals surface area contributed by atoms with Gasteiger partial charge in [0.25, 0.3) is 0 Å². The van der Waals surface area contributed by atoms with E-state index < -0.39 is 22.8 Å². The third-order valence-corrected chi connectivity index (χ3v) is 1.35. The van der Waals surface area contributed by atoms with Gasteiger partial charge in [0.05, 0.1) is 0 Å². The Hall–Kier alpha value is -1.82. The number of hydrogen-bond donors (Lipinski definition) is 3. The number of aryl methyl sites for hydroxylation is 1. The highest BCUT2D eigenvalue weighted by molar-refractivity contribution is 5.92. The van der Waals surface area contributed by atoms with Crippen LogP contribution in [-0.4, -0.2) is 16.2 Å². The van der Waals surface area contributed by atoms with Crippen LogP contribution in [0, 0.1) is 6.92 Å². The summed E-state index contributed by atoms with van der Waals surface area (Å²) in [5.41, 5.74) is 0.511. The van der Waals surface area contributed by atoms with Gasteiger partial charge in [-0.2, -0.15) is 0 Å². The molecule has 0 saturated heterocycles. The highest BCUT2D eigenvalue weighted by Crippen LogP contribution is 2.12. The first kappa shape index (κ1) is 9.27. The molecule has 1 amide bonds. The van der Waals surface area contributed by atoms with Gasteiger partial charge in [-0.15, -0.1) is 0 Å². The van der Waals surface area contributed by atoms with Crippen molar-refractivity contribution in [1.29, 1.82) is 0 Å². The van der Waals surface area contributed by atoms with Crippen LogP contribution in [0.25, 0.3) is 0 Å². The van der Waals surface area contributed by atoms with E-state index in [-0.39, 0.29) is 5.76 Å². The van der Waals surface area contributed by atoms with E-state index in [1.165, 1.54) is 12.4 Å². The molecule has 13 heavy (non-hydrogen) atoms. The zero-order chi connectivity index (χ0) is 10.0. The smallest absolute Gasteiger partial charge is 0.314 e. The van der Waals surface area contributed by atoms with Crippen LogP contribution in [0.4, 0.5) is 0 Å². The lowest BCUT2D eigenvalue weighted by Crippen LogP contribution is -2.20. The van der Waals surface area contributed by atoms with Crippen molar-refractivity contribution in [3.05, 3.63) is 27.8 Å². The largest absolute Gasteiger partial charge is 0.501 e. The fourth-order valence-corrected chi connectivity index (χ4v) is 0.808. The van der Waals surface area contributed by atoms with E-state index in [1.54, 1.807) is 0 Å². The average Bonchev–Trinajstić information content (AvgIpc) is 2.10. The summed E-state index contributed by atoms with van der Waals surface area (Å²) in [5, 5.41) is 17.3. The quantitative estimate of drug-likeness (QED) is 0.414. The number of nitrogens with one attached hydrogen (secondary N) is 1. The Morgan fingerprint density at radius 3 is 2.77 bits per heavy atom. The lowest BCUT2D eigenvalue weighted by Gasteiger charge is -2.00. The van der Waals surface area contributed by atoms with Gasteiger partial charge in [0.1, 0.15) is 5.76 Å². The summed E-state index contributed by atoms with van der Waals surface area (Å²) < 4.78 is 4.72. The number of hydrogen-bond acceptors (Lipinski definition) is 5. The van der Waals surface area contributed by atoms with Gasteiger partial charge in [-0.3, -0.25) is 14.8 Å². The molecule has 0 bridgehead atoms. The standard InChI is InChI=1S/C7H7NO5/c1-3-2-4(9)5(10)6(13-3)7(11)8-12/h2,10,12H,1H3,(H,8,11). The van der Waals surface area contributed by atoms with Gasteiger partial charge in [0, 0.05) is 6.07 Å². The number of carbonyl (C=O) groups is 1. The molecule has 3 N–H and O–H groups in total. The van der Waals surface area contributed by atoms with Crippen molar-refractivity contribution in [2.45, 2.75) is 6.92 Å². The van der Waals surface area contributed by atoms with Gasteiger partial charge >= 0.3 is 5.91 Å². The molecule has 1 aromatic rings. The zero-order valence-electron chi connectivity index (χ0n) is 6.70. The molecule has 0 aliphatic rings. The molecule has 70 valence electrons. The second-order valence-corrected chi connectivity index (χ2v) is 2.34. The number of rotatable bonds is 1. The topological polar surface area (TPSA) is 99.8 Å². The highest BCUT2D eigenvalue weighted by Gasteiger charge is 2.16. The number of aromatic hydroxyl groups is 1. The van der Waals surface area contributed by atoms with Gasteiger partial charge in [0.15, 0.2) is 0 Å². The second-order valence-electron chi connectivity index (χ2n) is 2.34. The Morgan fingerprint density at radius 2 is 2.23 bits per heavy atom. The van der Waals surface area contributed by atoms with Crippen LogP contribution >= 0.6 is 0 Å². The number of carbonyl (C=O) groups excluding carboxylic acids is 1. The van der Waals surface area contributed by atoms with Crippen LogP contribution < -0.4 is 10.9 Å². The summed E-state index contributed by atoms with van der Waals surface area (Å²) in [6.45, 7) is 1.44. The Balaban J connectivity index is 3.37. The summed E-state index contributed by atoms with van der Waals surface area (Å²) in [5.74, 6) is -2.33. The van der Waals surface area contributed by atoms with Gasteiger partial charge < -0.3 is 9.52 Å². The van der Waals surface area contributed by atoms with E-state index in [0.717, 1.165) is 6.07 Å². The van der Waals surface area contributed by atoms with Crippen LogP contribution in [0.2, 0.25) is 0 Å². The molecule has 1 aromatic heterocycles. The summed E-state index contributed by atoms with van der Waals surface area (Å²) in [7, 11) is 0. The van der Waals surface area contributed by atoms with Crippen molar-refractivity contribution in [1.82, 2.24) is 5.48 Å². The Labute approximate surface area is 72.4 Å². The molecular weight excluding hydrogens is 178 g/mol. The van der Waals surface area contributed by atoms with E-state index in [4.69, 9.17) is 14.7 Å². The maximum Gasteiger partial charge on any atom is 0.314 e. The van der Waals surface area contributed by atoms with Crippen molar-refractivity contribution >= 4 is 5.91 Å². The Kier molecular flexibility index (Phi) is 2.34. The van der Waals surface area contributed by atoms with Crippen molar-refractivity contribution in [3.63, 3.8) is 0 Å². The predicted octanol–water partition coefficient (Wildman–Crippen LogP) is -0.227. The lowest BCUT2D eigenvalue weighted by molar-refractivity contribution is 0.0666. The minimum Gasteiger partial charge on any atom is -0.501 e. The molecule has 6 nitrogen and oxygen atoms in total. The summed E-state index contributed by atoms with van der Waals surface area (Å²) in [6, 6.07) is 1.03. The van der Waals surface area contributed by atoms with Crippen LogP contribution in [0.15, 0.2) is 15.3 Å². The van der Waals surface area contributed by atoms with Crippen LogP contribution in [0.3, 0.4) is 0 Å². The molecule has 0 aliphatic heterocycles. The molecule has 0 fully saturated rings. The van der Waals surface area contributed by atoms with E-state index >= 15 is 0 Å². The molecule has 0 radical (unpaired) electrons. The van der Waals surface area contributed by atoms with Gasteiger partial charge in [-0.05, 0) is 6.92 Å². The van der Waals surface area contributed by atoms with E-state index in [9.17, 15) is 9.59 Å². The SMILES string of the molecule is Cc1cc(=O)c(O)c(C(=O)NO)o1. The van der Waals surface area contributed by atoms with Crippen LogP contribution in [-0.2, 0) is 0 Å². The van der Waals surface area contributed by atoms with Crippen molar-refractivity contribution in [2.24, 2.45) is 0 Å². The molecule has 0 aliphatic carbocycles.